The summed E-state index contributed by atoms with van der Waals surface area (Å²) >= 11 is 5.84. The van der Waals surface area contributed by atoms with Crippen molar-refractivity contribution in [3.05, 3.63) is 88.5 Å². The molecule has 0 spiro atoms. The zero-order valence-electron chi connectivity index (χ0n) is 13.7. The number of carbonyl (C=O) groups excluding carboxylic acids is 1. The fourth-order valence-electron chi connectivity index (χ4n) is 2.23. The van der Waals surface area contributed by atoms with E-state index >= 15 is 0 Å². The Morgan fingerprint density at radius 2 is 1.62 bits per heavy atom. The smallest absolute Gasteiger partial charge is 0.270 e. The van der Waals surface area contributed by atoms with Crippen molar-refractivity contribution in [2.75, 3.05) is 5.32 Å². The Hall–Kier alpha value is -2.99. The number of halogens is 2. The summed E-state index contributed by atoms with van der Waals surface area (Å²) in [4.78, 5) is 20.5. The molecule has 7 heteroatoms. The first-order valence-electron chi connectivity index (χ1n) is 7.94. The Kier molecular flexibility index (Phi) is 5.76. The second-order valence-corrected chi connectivity index (χ2v) is 5.99. The van der Waals surface area contributed by atoms with Gasteiger partial charge in [-0.3, -0.25) is 4.79 Å². The quantitative estimate of drug-likeness (QED) is 0.692. The highest BCUT2D eigenvalue weighted by Gasteiger charge is 2.08. The molecule has 26 heavy (non-hydrogen) atoms. The molecular weight excluding hydrogens is 355 g/mol. The van der Waals surface area contributed by atoms with E-state index in [2.05, 4.69) is 20.6 Å². The second kappa shape index (κ2) is 8.40. The lowest BCUT2D eigenvalue weighted by Crippen LogP contribution is -2.24. The van der Waals surface area contributed by atoms with Crippen LogP contribution in [0.5, 0.6) is 0 Å². The molecule has 1 aromatic heterocycles. The molecule has 1 amide bonds. The molecule has 0 aliphatic rings. The van der Waals surface area contributed by atoms with Crippen molar-refractivity contribution in [2.45, 2.75) is 13.1 Å². The monoisotopic (exact) mass is 370 g/mol. The van der Waals surface area contributed by atoms with Gasteiger partial charge in [-0.15, -0.1) is 0 Å². The Morgan fingerprint density at radius 3 is 2.35 bits per heavy atom. The van der Waals surface area contributed by atoms with Crippen LogP contribution in [0, 0.1) is 5.82 Å². The van der Waals surface area contributed by atoms with Gasteiger partial charge in [-0.2, -0.15) is 0 Å². The summed E-state index contributed by atoms with van der Waals surface area (Å²) in [5.74, 6) is -0.259. The molecule has 0 aliphatic carbocycles. The van der Waals surface area contributed by atoms with Crippen LogP contribution in [0.3, 0.4) is 0 Å². The number of benzene rings is 2. The van der Waals surface area contributed by atoms with E-state index in [1.165, 1.54) is 18.3 Å². The summed E-state index contributed by atoms with van der Waals surface area (Å²) in [5.41, 5.74) is 2.08. The standard InChI is InChI=1S/C19H16ClFN4O/c20-15-5-1-13(2-6-15)11-23-18(26)17-9-10-22-19(25-17)24-12-14-3-7-16(21)8-4-14/h1-10H,11-12H2,(H,23,26)(H,22,24,25). The van der Waals surface area contributed by atoms with Crippen LogP contribution in [0.15, 0.2) is 60.8 Å². The van der Waals surface area contributed by atoms with E-state index in [9.17, 15) is 9.18 Å². The van der Waals surface area contributed by atoms with Gasteiger partial charge in [-0.05, 0) is 41.5 Å². The average molecular weight is 371 g/mol. The summed E-state index contributed by atoms with van der Waals surface area (Å²) in [6.07, 6.45) is 1.51. The number of aromatic nitrogens is 2. The van der Waals surface area contributed by atoms with Crippen molar-refractivity contribution in [3.8, 4) is 0 Å². The fraction of sp³-hybridized carbons (Fsp3) is 0.105. The number of hydrogen-bond acceptors (Lipinski definition) is 4. The zero-order valence-corrected chi connectivity index (χ0v) is 14.5. The first-order valence-corrected chi connectivity index (χ1v) is 8.32. The number of nitrogens with one attached hydrogen (secondary N) is 2. The van der Waals surface area contributed by atoms with Crippen LogP contribution in [0.1, 0.15) is 21.6 Å². The molecule has 3 rings (SSSR count). The van der Waals surface area contributed by atoms with Crippen LogP contribution in [0.2, 0.25) is 5.02 Å². The maximum Gasteiger partial charge on any atom is 0.270 e. The number of rotatable bonds is 6. The van der Waals surface area contributed by atoms with Crippen LogP contribution in [0.4, 0.5) is 10.3 Å². The van der Waals surface area contributed by atoms with Crippen LogP contribution in [0.25, 0.3) is 0 Å². The zero-order chi connectivity index (χ0) is 18.4. The summed E-state index contributed by atoms with van der Waals surface area (Å²) in [5, 5.41) is 6.46. The predicted molar refractivity (Wildman–Crippen MR) is 98.4 cm³/mol. The van der Waals surface area contributed by atoms with Crippen LogP contribution < -0.4 is 10.6 Å². The largest absolute Gasteiger partial charge is 0.350 e. The normalized spacial score (nSPS) is 10.4. The summed E-state index contributed by atoms with van der Waals surface area (Å²) in [6, 6.07) is 14.9. The Bertz CT molecular complexity index is 885. The van der Waals surface area contributed by atoms with Crippen LogP contribution >= 0.6 is 11.6 Å². The lowest BCUT2D eigenvalue weighted by atomic mass is 10.2. The topological polar surface area (TPSA) is 66.9 Å². The molecule has 5 nitrogen and oxygen atoms in total. The summed E-state index contributed by atoms with van der Waals surface area (Å²) < 4.78 is 12.9. The number of amides is 1. The average Bonchev–Trinajstić information content (AvgIpc) is 2.67. The van der Waals surface area contributed by atoms with Gasteiger partial charge >= 0.3 is 0 Å². The van der Waals surface area contributed by atoms with Gasteiger partial charge in [0.05, 0.1) is 0 Å². The van der Waals surface area contributed by atoms with Gasteiger partial charge in [0.2, 0.25) is 5.95 Å². The first-order chi connectivity index (χ1) is 12.6. The first kappa shape index (κ1) is 17.8. The molecule has 0 aliphatic heterocycles. The van der Waals surface area contributed by atoms with Crippen molar-refractivity contribution < 1.29 is 9.18 Å². The summed E-state index contributed by atoms with van der Waals surface area (Å²) in [6.45, 7) is 0.800. The van der Waals surface area contributed by atoms with Gasteiger partial charge in [0.15, 0.2) is 0 Å². The lowest BCUT2D eigenvalue weighted by Gasteiger charge is -2.08. The molecule has 2 N–H and O–H groups in total. The molecule has 0 radical (unpaired) electrons. The Morgan fingerprint density at radius 1 is 0.962 bits per heavy atom. The second-order valence-electron chi connectivity index (χ2n) is 5.55. The van der Waals surface area contributed by atoms with Crippen LogP contribution in [-0.2, 0) is 13.1 Å². The fourth-order valence-corrected chi connectivity index (χ4v) is 2.35. The molecule has 1 heterocycles. The lowest BCUT2D eigenvalue weighted by molar-refractivity contribution is 0.0946. The Labute approximate surface area is 155 Å². The van der Waals surface area contributed by atoms with E-state index in [1.807, 2.05) is 12.1 Å². The number of hydrogen-bond donors (Lipinski definition) is 2. The number of carbonyl (C=O) groups is 1. The summed E-state index contributed by atoms with van der Waals surface area (Å²) in [7, 11) is 0. The molecule has 0 atom stereocenters. The van der Waals surface area contributed by atoms with Crippen molar-refractivity contribution in [3.63, 3.8) is 0 Å². The number of anilines is 1. The minimum atomic E-state index is -0.299. The minimum Gasteiger partial charge on any atom is -0.350 e. The highest BCUT2D eigenvalue weighted by molar-refractivity contribution is 6.30. The third-order valence-corrected chi connectivity index (χ3v) is 3.87. The molecule has 0 unspecified atom stereocenters. The van der Waals surface area contributed by atoms with Crippen LogP contribution in [-0.4, -0.2) is 15.9 Å². The molecule has 0 bridgehead atoms. The molecular formula is C19H16ClFN4O. The SMILES string of the molecule is O=C(NCc1ccc(Cl)cc1)c1ccnc(NCc2ccc(F)cc2)n1. The molecule has 0 saturated heterocycles. The van der Waals surface area contributed by atoms with Gasteiger partial charge < -0.3 is 10.6 Å². The van der Waals surface area contributed by atoms with Crippen molar-refractivity contribution in [2.24, 2.45) is 0 Å². The Balaban J connectivity index is 1.58. The van der Waals surface area contributed by atoms with Crippen molar-refractivity contribution >= 4 is 23.5 Å². The molecule has 0 fully saturated rings. The third kappa shape index (κ3) is 5.00. The van der Waals surface area contributed by atoms with Gasteiger partial charge in [-0.25, -0.2) is 14.4 Å². The van der Waals surface area contributed by atoms with E-state index in [4.69, 9.17) is 11.6 Å². The van der Waals surface area contributed by atoms with E-state index in [-0.39, 0.29) is 17.4 Å². The van der Waals surface area contributed by atoms with Gasteiger partial charge in [0.1, 0.15) is 11.5 Å². The van der Waals surface area contributed by atoms with E-state index in [1.54, 1.807) is 30.3 Å². The van der Waals surface area contributed by atoms with E-state index in [0.29, 0.717) is 24.1 Å². The van der Waals surface area contributed by atoms with Gasteiger partial charge in [0, 0.05) is 24.3 Å². The van der Waals surface area contributed by atoms with Crippen molar-refractivity contribution in [1.82, 2.24) is 15.3 Å². The predicted octanol–water partition coefficient (Wildman–Crippen LogP) is 3.81. The molecule has 3 aromatic rings. The molecule has 2 aromatic carbocycles. The minimum absolute atomic E-state index is 0.260. The molecule has 0 saturated carbocycles. The number of nitrogens with zero attached hydrogens (tertiary/aromatic N) is 2. The third-order valence-electron chi connectivity index (χ3n) is 3.62. The highest BCUT2D eigenvalue weighted by atomic mass is 35.5. The van der Waals surface area contributed by atoms with Gasteiger partial charge in [0.25, 0.3) is 5.91 Å². The molecule has 132 valence electrons. The van der Waals surface area contributed by atoms with E-state index in [0.717, 1.165) is 11.1 Å². The maximum absolute atomic E-state index is 12.9. The highest BCUT2D eigenvalue weighted by Crippen LogP contribution is 2.10. The maximum atomic E-state index is 12.9. The van der Waals surface area contributed by atoms with E-state index < -0.39 is 0 Å². The van der Waals surface area contributed by atoms with Crippen molar-refractivity contribution in [1.29, 1.82) is 0 Å². The van der Waals surface area contributed by atoms with Gasteiger partial charge in [-0.1, -0.05) is 35.9 Å².